The summed E-state index contributed by atoms with van der Waals surface area (Å²) in [6, 6.07) is 6.76. The van der Waals surface area contributed by atoms with Crippen molar-refractivity contribution >= 4 is 17.9 Å². The van der Waals surface area contributed by atoms with Crippen molar-refractivity contribution in [3.05, 3.63) is 24.3 Å². The number of halogens is 2. The quantitative estimate of drug-likeness (QED) is 0.693. The summed E-state index contributed by atoms with van der Waals surface area (Å²) in [5.41, 5.74) is 0.830. The first kappa shape index (κ1) is 12.0. The molecule has 1 rings (SSSR count). The van der Waals surface area contributed by atoms with Gasteiger partial charge in [0.25, 0.3) is 0 Å². The van der Waals surface area contributed by atoms with Gasteiger partial charge in [0.2, 0.25) is 0 Å². The van der Waals surface area contributed by atoms with Crippen molar-refractivity contribution in [3.63, 3.8) is 0 Å². The number of anilines is 1. The molecule has 0 radical (unpaired) electrons. The van der Waals surface area contributed by atoms with E-state index in [-0.39, 0.29) is 5.46 Å². The highest BCUT2D eigenvalue weighted by Gasteiger charge is 2.22. The molecule has 0 heterocycles. The molecule has 0 saturated heterocycles. The lowest BCUT2D eigenvalue weighted by molar-refractivity contribution is 0.641. The van der Waals surface area contributed by atoms with Crippen LogP contribution in [0.15, 0.2) is 24.3 Å². The zero-order valence-electron chi connectivity index (χ0n) is 9.50. The summed E-state index contributed by atoms with van der Waals surface area (Å²) in [7, 11) is 0. The molecule has 1 aromatic rings. The van der Waals surface area contributed by atoms with Crippen LogP contribution in [0.5, 0.6) is 0 Å². The largest absolute Gasteiger partial charge is 0.473 e. The number of nitrogens with zero attached hydrogens (tertiary/aromatic N) is 1. The van der Waals surface area contributed by atoms with E-state index in [0.29, 0.717) is 5.69 Å². The fourth-order valence-corrected chi connectivity index (χ4v) is 1.77. The topological polar surface area (TPSA) is 3.24 Å². The minimum absolute atomic E-state index is 0.168. The number of rotatable bonds is 4. The molecule has 0 spiro atoms. The SMILES string of the molecule is CCN(CC)c1ccccc1[B-](C)(F)F. The Kier molecular flexibility index (Phi) is 3.72. The fraction of sp³-hybridized carbons (Fsp3) is 0.455. The van der Waals surface area contributed by atoms with Crippen molar-refractivity contribution in [2.45, 2.75) is 20.7 Å². The summed E-state index contributed by atoms with van der Waals surface area (Å²) in [6.45, 7) is 3.02. The molecule has 4 heteroatoms. The smallest absolute Gasteiger partial charge is 0.332 e. The van der Waals surface area contributed by atoms with Gasteiger partial charge in [-0.2, -0.15) is 0 Å². The predicted octanol–water partition coefficient (Wildman–Crippen LogP) is 2.75. The van der Waals surface area contributed by atoms with Gasteiger partial charge in [-0.3, -0.25) is 0 Å². The standard InChI is InChI=1S/C11H17BF2N/c1-4-15(5-2)11-9-7-6-8-10(11)12(3,13)14/h6-9H,4-5H2,1-3H3/q-1. The Labute approximate surface area is 90.1 Å². The van der Waals surface area contributed by atoms with Crippen LogP contribution in [0.1, 0.15) is 13.8 Å². The summed E-state index contributed by atoms with van der Waals surface area (Å²) in [5.74, 6) is 0. The van der Waals surface area contributed by atoms with Crippen LogP contribution < -0.4 is 10.4 Å². The van der Waals surface area contributed by atoms with Gasteiger partial charge in [-0.15, -0.1) is 12.3 Å². The van der Waals surface area contributed by atoms with E-state index in [1.807, 2.05) is 18.7 Å². The van der Waals surface area contributed by atoms with Crippen LogP contribution in [0.3, 0.4) is 0 Å². The molecular formula is C11H17BF2N-. The lowest BCUT2D eigenvalue weighted by atomic mass is 9.60. The molecule has 15 heavy (non-hydrogen) atoms. The van der Waals surface area contributed by atoms with Gasteiger partial charge in [0.1, 0.15) is 0 Å². The molecule has 0 saturated carbocycles. The van der Waals surface area contributed by atoms with Crippen molar-refractivity contribution in [3.8, 4) is 0 Å². The molecule has 0 aliphatic heterocycles. The first-order valence-corrected chi connectivity index (χ1v) is 5.40. The van der Waals surface area contributed by atoms with E-state index in [1.165, 1.54) is 6.07 Å². The Morgan fingerprint density at radius 2 is 1.67 bits per heavy atom. The van der Waals surface area contributed by atoms with Gasteiger partial charge in [-0.25, -0.2) is 0 Å². The summed E-state index contributed by atoms with van der Waals surface area (Å²) in [4.78, 5) is 1.95. The molecule has 84 valence electrons. The van der Waals surface area contributed by atoms with E-state index in [9.17, 15) is 8.63 Å². The van der Waals surface area contributed by atoms with E-state index < -0.39 is 6.70 Å². The highest BCUT2D eigenvalue weighted by Crippen LogP contribution is 2.17. The maximum atomic E-state index is 13.4. The highest BCUT2D eigenvalue weighted by molar-refractivity contribution is 6.80. The van der Waals surface area contributed by atoms with Gasteiger partial charge < -0.3 is 13.5 Å². The predicted molar refractivity (Wildman–Crippen MR) is 63.5 cm³/mol. The second-order valence-corrected chi connectivity index (χ2v) is 3.76. The summed E-state index contributed by atoms with van der Waals surface area (Å²) in [5, 5.41) is 0. The lowest BCUT2D eigenvalue weighted by Crippen LogP contribution is -2.40. The molecule has 1 nitrogen and oxygen atoms in total. The van der Waals surface area contributed by atoms with Crippen LogP contribution in [-0.4, -0.2) is 19.8 Å². The first-order chi connectivity index (χ1) is 7.00. The van der Waals surface area contributed by atoms with E-state index in [4.69, 9.17) is 0 Å². The monoisotopic (exact) mass is 212 g/mol. The van der Waals surface area contributed by atoms with Crippen molar-refractivity contribution < 1.29 is 8.63 Å². The van der Waals surface area contributed by atoms with Crippen LogP contribution in [0.4, 0.5) is 14.3 Å². The van der Waals surface area contributed by atoms with Gasteiger partial charge in [-0.05, 0) is 19.9 Å². The third-order valence-corrected chi connectivity index (χ3v) is 2.59. The maximum absolute atomic E-state index is 13.4. The van der Waals surface area contributed by atoms with Crippen LogP contribution in [0.25, 0.3) is 0 Å². The fourth-order valence-electron chi connectivity index (χ4n) is 1.77. The van der Waals surface area contributed by atoms with Crippen LogP contribution in [-0.2, 0) is 0 Å². The Morgan fingerprint density at radius 1 is 1.13 bits per heavy atom. The summed E-state index contributed by atoms with van der Waals surface area (Å²) >= 11 is 0. The molecule has 0 aliphatic carbocycles. The van der Waals surface area contributed by atoms with Crippen molar-refractivity contribution in [1.29, 1.82) is 0 Å². The van der Waals surface area contributed by atoms with Crippen LogP contribution in [0.2, 0.25) is 6.82 Å². The zero-order chi connectivity index (χ0) is 11.5. The Hall–Kier alpha value is -1.06. The average molecular weight is 212 g/mol. The summed E-state index contributed by atoms with van der Waals surface area (Å²) < 4.78 is 26.8. The Balaban J connectivity index is 3.17. The van der Waals surface area contributed by atoms with Gasteiger partial charge in [-0.1, -0.05) is 18.2 Å². The second kappa shape index (κ2) is 4.64. The molecule has 0 aromatic heterocycles. The van der Waals surface area contributed by atoms with Crippen LogP contribution >= 0.6 is 0 Å². The van der Waals surface area contributed by atoms with E-state index >= 15 is 0 Å². The first-order valence-electron chi connectivity index (χ1n) is 5.40. The third kappa shape index (κ3) is 2.70. The summed E-state index contributed by atoms with van der Waals surface area (Å²) in [6.07, 6.45) is 0. The highest BCUT2D eigenvalue weighted by atomic mass is 19.2. The van der Waals surface area contributed by atoms with Crippen molar-refractivity contribution in [2.75, 3.05) is 18.0 Å². The van der Waals surface area contributed by atoms with Crippen molar-refractivity contribution in [2.24, 2.45) is 0 Å². The van der Waals surface area contributed by atoms with Crippen LogP contribution in [0, 0.1) is 0 Å². The lowest BCUT2D eigenvalue weighted by Gasteiger charge is -2.30. The number of para-hydroxylation sites is 1. The molecular weight excluding hydrogens is 195 g/mol. The van der Waals surface area contributed by atoms with Gasteiger partial charge >= 0.3 is 6.70 Å². The minimum Gasteiger partial charge on any atom is -0.473 e. The number of hydrogen-bond donors (Lipinski definition) is 0. The van der Waals surface area contributed by atoms with E-state index in [0.717, 1.165) is 19.9 Å². The zero-order valence-corrected chi connectivity index (χ0v) is 9.50. The normalized spacial score (nSPS) is 11.5. The molecule has 0 atom stereocenters. The molecule has 1 aromatic carbocycles. The number of benzene rings is 1. The minimum atomic E-state index is -3.42. The van der Waals surface area contributed by atoms with E-state index in [2.05, 4.69) is 0 Å². The maximum Gasteiger partial charge on any atom is 0.332 e. The average Bonchev–Trinajstić information content (AvgIpc) is 2.19. The van der Waals surface area contributed by atoms with Gasteiger partial charge in [0.05, 0.1) is 0 Å². The Bertz CT molecular complexity index is 319. The Morgan fingerprint density at radius 3 is 2.13 bits per heavy atom. The molecule has 0 aliphatic rings. The second-order valence-electron chi connectivity index (χ2n) is 3.76. The molecule has 0 N–H and O–H groups in total. The van der Waals surface area contributed by atoms with E-state index in [1.54, 1.807) is 18.2 Å². The number of hydrogen-bond acceptors (Lipinski definition) is 1. The molecule has 0 bridgehead atoms. The molecule has 0 amide bonds. The van der Waals surface area contributed by atoms with Crippen molar-refractivity contribution in [1.82, 2.24) is 0 Å². The van der Waals surface area contributed by atoms with Gasteiger partial charge in [0.15, 0.2) is 0 Å². The molecule has 0 fully saturated rings. The third-order valence-electron chi connectivity index (χ3n) is 2.59. The van der Waals surface area contributed by atoms with Gasteiger partial charge in [0, 0.05) is 18.8 Å². The molecule has 0 unspecified atom stereocenters.